The molecule has 0 bridgehead atoms. The van der Waals surface area contributed by atoms with E-state index in [0.29, 0.717) is 11.4 Å². The number of nitrogens with two attached hydrogens (primary N) is 1. The van der Waals surface area contributed by atoms with Crippen LogP contribution in [-0.2, 0) is 64.1 Å². The second-order valence-electron chi connectivity index (χ2n) is 26.1. The Morgan fingerprint density at radius 3 is 1.14 bits per heavy atom. The Hall–Kier alpha value is -10.2. The van der Waals surface area contributed by atoms with Crippen molar-refractivity contribution < 1.29 is 154 Å². The second-order valence-corrected chi connectivity index (χ2v) is 26.5. The van der Waals surface area contributed by atoms with E-state index in [1.807, 2.05) is 0 Å². The third kappa shape index (κ3) is 33.8. The maximum absolute atomic E-state index is 14.6. The number of benzene rings is 1. The van der Waals surface area contributed by atoms with Crippen LogP contribution in [0.15, 0.2) is 35.3 Å². The number of hydrogen-bond acceptors (Lipinski definition) is 34. The number of aromatic nitrogens is 4. The van der Waals surface area contributed by atoms with Gasteiger partial charge in [0.15, 0.2) is 11.2 Å². The van der Waals surface area contributed by atoms with Gasteiger partial charge in [0.2, 0.25) is 59.1 Å². The number of carboxylic acids is 3. The number of aliphatic hydroxyl groups is 15. The molecule has 3 aromatic rings. The van der Waals surface area contributed by atoms with Gasteiger partial charge < -0.3 is 156 Å². The van der Waals surface area contributed by atoms with Crippen LogP contribution in [0.2, 0.25) is 6.04 Å². The van der Waals surface area contributed by atoms with Crippen LogP contribution in [0, 0.1) is 0 Å². The SMILES string of the molecule is C[C@H](CCC(=O)N[C@@H](CCC(=O)NC[C@H](O)[C@@H](O)[C@H](O)[C@H](O)CO)C(=O)N[C@H](CCC(=O)O)C(=O)N[C@@H](CCC(=O)NC[C@H](O)[C@@H](O)[C@H](O)[C@H](O)CO)C(=O)N[C@H](CCC(=O)O)C(=O)N[C@@H](CCC(=O)NC[C@H](O)[C@@H](O)[C@H](O)[C@H](O)CO)C(=O)N[C@H](C[Si])C(=O)O)NC(=O)c1ccc(NCc2cnc3nc(N)[nH]c(=O)c3n2)cc1. The van der Waals surface area contributed by atoms with E-state index in [0.717, 1.165) is 0 Å². The summed E-state index contributed by atoms with van der Waals surface area (Å²) in [6, 6.07) is -7.35. The third-order valence-electron chi connectivity index (χ3n) is 17.1. The molecule has 0 spiro atoms. The predicted molar refractivity (Wildman–Crippen MR) is 386 cm³/mol. The smallest absolute Gasteiger partial charge is 0.325 e. The summed E-state index contributed by atoms with van der Waals surface area (Å²) in [4.78, 5) is 202. The first-order chi connectivity index (χ1) is 53.6. The molecular weight excluding hydrogens is 1540 g/mol. The second kappa shape index (κ2) is 49.4. The molecule has 2 aromatic heterocycles. The van der Waals surface area contributed by atoms with Crippen molar-refractivity contribution in [3.05, 3.63) is 52.1 Å². The van der Waals surface area contributed by atoms with Crippen LogP contribution in [-0.4, -0.2) is 354 Å². The van der Waals surface area contributed by atoms with E-state index in [1.54, 1.807) is 12.1 Å². The molecular formula is C65H99N16O32Si. The number of fused-ring (bicyclic) bond motifs is 1. The fourth-order valence-electron chi connectivity index (χ4n) is 10.2. The number of aliphatic hydroxyl groups excluding tert-OH is 15. The minimum absolute atomic E-state index is 0.0240. The van der Waals surface area contributed by atoms with Gasteiger partial charge in [-0.05, 0) is 75.8 Å². The number of nitrogens with zero attached hydrogens (tertiary/aromatic N) is 3. The van der Waals surface area contributed by atoms with E-state index in [4.69, 9.17) is 10.8 Å². The highest BCUT2D eigenvalue weighted by molar-refractivity contribution is 6.11. The number of hydrogen-bond donors (Lipinski definition) is 31. The molecule has 3 radical (unpaired) electrons. The quantitative estimate of drug-likeness (QED) is 0.0233. The first kappa shape index (κ1) is 98.0. The molecule has 0 aliphatic carbocycles. The number of carbonyl (C=O) groups excluding carboxylic acids is 10. The first-order valence-electron chi connectivity index (χ1n) is 35.2. The lowest BCUT2D eigenvalue weighted by Gasteiger charge is -2.28. The number of carboxylic acid groups (broad SMARTS) is 3. The minimum atomic E-state index is -2.22. The molecule has 3 rings (SSSR count). The Bertz CT molecular complexity index is 3760. The average molecular weight is 1640 g/mol. The van der Waals surface area contributed by atoms with Crippen LogP contribution in [0.25, 0.3) is 11.2 Å². The highest BCUT2D eigenvalue weighted by Gasteiger charge is 2.38. The van der Waals surface area contributed by atoms with E-state index < -0.39 is 314 Å². The molecule has 0 saturated carbocycles. The summed E-state index contributed by atoms with van der Waals surface area (Å²) in [7, 11) is 2.95. The van der Waals surface area contributed by atoms with Gasteiger partial charge in [0.1, 0.15) is 91.2 Å². The lowest BCUT2D eigenvalue weighted by molar-refractivity contribution is -0.142. The van der Waals surface area contributed by atoms with Gasteiger partial charge in [0, 0.05) is 85.7 Å². The summed E-state index contributed by atoms with van der Waals surface area (Å²) < 4.78 is 0. The number of amides is 10. The minimum Gasteiger partial charge on any atom is -0.481 e. The normalized spacial score (nSPS) is 16.4. The summed E-state index contributed by atoms with van der Waals surface area (Å²) in [5, 5.41) is 203. The zero-order valence-corrected chi connectivity index (χ0v) is 62.2. The van der Waals surface area contributed by atoms with E-state index in [1.165, 1.54) is 25.3 Å². The van der Waals surface area contributed by atoms with E-state index in [2.05, 4.69) is 88.7 Å². The third-order valence-corrected chi connectivity index (χ3v) is 17.5. The van der Waals surface area contributed by atoms with Crippen molar-refractivity contribution in [1.29, 1.82) is 0 Å². The Balaban J connectivity index is 2.02. The molecule has 0 saturated heterocycles. The molecule has 635 valence electrons. The number of nitrogens with one attached hydrogen (secondary N) is 12. The number of carbonyl (C=O) groups is 13. The van der Waals surface area contributed by atoms with Gasteiger partial charge in [-0.15, -0.1) is 0 Å². The molecule has 0 fully saturated rings. The highest BCUT2D eigenvalue weighted by atomic mass is 28.1. The van der Waals surface area contributed by atoms with Gasteiger partial charge in [-0.2, -0.15) is 4.98 Å². The lowest BCUT2D eigenvalue weighted by Crippen LogP contribution is -2.59. The molecule has 48 nitrogen and oxygen atoms in total. The molecule has 10 amide bonds. The van der Waals surface area contributed by atoms with Crippen molar-refractivity contribution in [2.45, 2.75) is 212 Å². The average Bonchev–Trinajstić information content (AvgIpc) is 0.812. The first-order valence-corrected chi connectivity index (χ1v) is 35.9. The van der Waals surface area contributed by atoms with Crippen molar-refractivity contribution in [2.24, 2.45) is 0 Å². The van der Waals surface area contributed by atoms with Crippen molar-refractivity contribution >= 4 is 110 Å². The van der Waals surface area contributed by atoms with Gasteiger partial charge in [0.05, 0.1) is 56.6 Å². The van der Waals surface area contributed by atoms with Gasteiger partial charge in [0.25, 0.3) is 11.5 Å². The number of aromatic amines is 1. The highest BCUT2D eigenvalue weighted by Crippen LogP contribution is 2.16. The monoisotopic (exact) mass is 1640 g/mol. The Labute approximate surface area is 650 Å². The Morgan fingerprint density at radius 2 is 0.789 bits per heavy atom. The van der Waals surface area contributed by atoms with Gasteiger partial charge in [-0.25, -0.2) is 9.97 Å². The van der Waals surface area contributed by atoms with Crippen LogP contribution in [0.4, 0.5) is 11.6 Å². The maximum Gasteiger partial charge on any atom is 0.325 e. The molecule has 32 N–H and O–H groups in total. The maximum atomic E-state index is 14.6. The van der Waals surface area contributed by atoms with Crippen molar-refractivity contribution in [3.63, 3.8) is 0 Å². The van der Waals surface area contributed by atoms with E-state index >= 15 is 0 Å². The standard InChI is InChI=1S/C65H99N16O32Si/c1-27(72-57(105)28-3-5-29(6-4-28)67-18-30-19-71-56-49(73-30)63(111)81-65(66)80-56)2-12-46(94)74-31(7-13-43(91)68-20-37(85)50(99)53(102)40(88)23-82)58(106)77-34(10-16-47(95)96)60(108)75-32(8-14-44(92)69-21-38(86)51(100)54(103)41(89)24-83)59(107)78-35(11-17-48(97)98)61(109)76-33(62(110)79-36(26-114)64(112)113)9-15-45(93)70-22-39(87)52(101)55(104)42(90)25-84/h3-6,19,27,31-42,50-55,67,82-90,99-104H,2,7-18,20-26H2,1H3,(H,68,91)(H,69,92)(H,70,93)(H,72,105)(H,74,94)(H,75,108)(H,76,109)(H,77,106)(H,78,107)(H,79,110)(H,95,96)(H,97,98)(H,112,113)(H3,66,71,80,81,111)/t27-,31+,32+,33+,34-,35-,36-,37+,38+,39+,40-,41-,42-,50-,51-,52-,53-,54-,55-/m1/s1. The Morgan fingerprint density at radius 1 is 0.447 bits per heavy atom. The van der Waals surface area contributed by atoms with E-state index in [-0.39, 0.29) is 35.6 Å². The van der Waals surface area contributed by atoms with Crippen LogP contribution in [0.1, 0.15) is 100 Å². The van der Waals surface area contributed by atoms with Crippen molar-refractivity contribution in [3.8, 4) is 0 Å². The molecule has 2 heterocycles. The van der Waals surface area contributed by atoms with E-state index in [9.17, 15) is 154 Å². The molecule has 1 aromatic carbocycles. The number of nitrogen functional groups attached to an aromatic ring is 1. The summed E-state index contributed by atoms with van der Waals surface area (Å²) in [6.45, 7) is -4.22. The Kier molecular flexibility index (Phi) is 42.5. The van der Waals surface area contributed by atoms with Crippen molar-refractivity contribution in [2.75, 3.05) is 50.5 Å². The summed E-state index contributed by atoms with van der Waals surface area (Å²) in [5.41, 5.74) is 5.94. The molecule has 19 atom stereocenters. The summed E-state index contributed by atoms with van der Waals surface area (Å²) in [5.74, 6) is -17.0. The largest absolute Gasteiger partial charge is 0.481 e. The summed E-state index contributed by atoms with van der Waals surface area (Å²) in [6.07, 6.45) is -32.9. The fraction of sp³-hybridized carbons (Fsp3) is 0.615. The number of rotatable bonds is 54. The number of aliphatic carboxylic acids is 3. The lowest BCUT2D eigenvalue weighted by atomic mass is 10.0. The van der Waals surface area contributed by atoms with Crippen LogP contribution in [0.5, 0.6) is 0 Å². The van der Waals surface area contributed by atoms with Crippen LogP contribution in [0.3, 0.4) is 0 Å². The molecule has 0 aliphatic heterocycles. The fourth-order valence-corrected chi connectivity index (χ4v) is 10.5. The van der Waals surface area contributed by atoms with Gasteiger partial charge >= 0.3 is 17.9 Å². The zero-order chi connectivity index (χ0) is 85.8. The van der Waals surface area contributed by atoms with Gasteiger partial charge in [-0.1, -0.05) is 0 Å². The molecule has 0 unspecified atom stereocenters. The zero-order valence-electron chi connectivity index (χ0n) is 61.2. The molecule has 49 heteroatoms. The van der Waals surface area contributed by atoms with Crippen LogP contribution < -0.4 is 69.8 Å². The number of H-pyrrole nitrogens is 1. The summed E-state index contributed by atoms with van der Waals surface area (Å²) >= 11 is 0. The number of anilines is 2. The molecule has 0 aliphatic rings. The topological polar surface area (TPSA) is 816 Å². The van der Waals surface area contributed by atoms with Gasteiger partial charge in [-0.3, -0.25) is 72.1 Å². The molecule has 114 heavy (non-hydrogen) atoms. The van der Waals surface area contributed by atoms with Crippen molar-refractivity contribution in [1.82, 2.24) is 73.1 Å². The van der Waals surface area contributed by atoms with Crippen LogP contribution >= 0.6 is 0 Å². The predicted octanol–water partition coefficient (Wildman–Crippen LogP) is -13.9.